The average molecular weight is 406 g/mol. The minimum Gasteiger partial charge on any atom is -0.496 e. The van der Waals surface area contributed by atoms with Crippen LogP contribution in [0.3, 0.4) is 0 Å². The summed E-state index contributed by atoms with van der Waals surface area (Å²) in [4.78, 5) is 21.5. The molecule has 148 valence electrons. The second-order valence-electron chi connectivity index (χ2n) is 7.06. The summed E-state index contributed by atoms with van der Waals surface area (Å²) in [7, 11) is 1.64. The van der Waals surface area contributed by atoms with E-state index in [9.17, 15) is 4.79 Å². The topological polar surface area (TPSA) is 59.9 Å². The van der Waals surface area contributed by atoms with E-state index in [0.29, 0.717) is 28.0 Å². The highest BCUT2D eigenvalue weighted by Gasteiger charge is 2.18. The van der Waals surface area contributed by atoms with Crippen LogP contribution in [0, 0.1) is 0 Å². The van der Waals surface area contributed by atoms with Crippen molar-refractivity contribution in [2.75, 3.05) is 7.11 Å². The van der Waals surface area contributed by atoms with Crippen molar-refractivity contribution >= 4 is 22.8 Å². The quantitative estimate of drug-likeness (QED) is 0.364. The second-order valence-corrected chi connectivity index (χ2v) is 8.60. The lowest BCUT2D eigenvalue weighted by atomic mass is 10.1. The number of hydrogen-bond acceptors (Lipinski definition) is 4. The van der Waals surface area contributed by atoms with E-state index in [-0.39, 0.29) is 5.56 Å². The molecule has 0 bridgehead atoms. The van der Waals surface area contributed by atoms with Crippen molar-refractivity contribution in [1.82, 2.24) is 14.5 Å². The molecule has 4 aromatic rings. The van der Waals surface area contributed by atoms with Crippen molar-refractivity contribution in [3.63, 3.8) is 0 Å². The number of aromatic amines is 1. The number of aromatic nitrogens is 3. The fourth-order valence-corrected chi connectivity index (χ4v) is 4.19. The van der Waals surface area contributed by atoms with Crippen molar-refractivity contribution in [2.24, 2.45) is 0 Å². The number of rotatable bonds is 6. The minimum absolute atomic E-state index is 0.0776. The van der Waals surface area contributed by atoms with Crippen LogP contribution in [0.2, 0.25) is 0 Å². The molecule has 0 aliphatic heterocycles. The third kappa shape index (κ3) is 3.80. The van der Waals surface area contributed by atoms with Gasteiger partial charge in [0.2, 0.25) is 0 Å². The summed E-state index contributed by atoms with van der Waals surface area (Å²) in [5, 5.41) is 1.00. The zero-order valence-corrected chi connectivity index (χ0v) is 17.5. The Balaban J connectivity index is 1.90. The maximum absolute atomic E-state index is 13.4. The van der Waals surface area contributed by atoms with Gasteiger partial charge in [-0.25, -0.2) is 4.98 Å². The van der Waals surface area contributed by atoms with Gasteiger partial charge in [-0.15, -0.1) is 0 Å². The molecule has 4 rings (SSSR count). The van der Waals surface area contributed by atoms with Crippen LogP contribution >= 0.6 is 11.8 Å². The molecular weight excluding hydrogens is 382 g/mol. The van der Waals surface area contributed by atoms with Crippen molar-refractivity contribution in [1.29, 1.82) is 0 Å². The Kier molecular flexibility index (Phi) is 5.45. The normalized spacial score (nSPS) is 11.3. The number of fused-ring (bicyclic) bond motifs is 1. The van der Waals surface area contributed by atoms with Gasteiger partial charge in [-0.2, -0.15) is 0 Å². The molecular formula is C23H23N3O2S. The molecule has 29 heavy (non-hydrogen) atoms. The van der Waals surface area contributed by atoms with Gasteiger partial charge < -0.3 is 9.72 Å². The molecule has 1 N–H and O–H groups in total. The number of methoxy groups -OCH3 is 1. The number of para-hydroxylation sites is 1. The first-order chi connectivity index (χ1) is 14.1. The Morgan fingerprint density at radius 2 is 1.83 bits per heavy atom. The van der Waals surface area contributed by atoms with E-state index >= 15 is 0 Å². The Morgan fingerprint density at radius 3 is 2.55 bits per heavy atom. The highest BCUT2D eigenvalue weighted by molar-refractivity contribution is 7.99. The number of H-pyrrole nitrogens is 1. The van der Waals surface area contributed by atoms with Crippen LogP contribution in [0.1, 0.15) is 19.4 Å². The van der Waals surface area contributed by atoms with Gasteiger partial charge in [0.15, 0.2) is 5.16 Å². The second kappa shape index (κ2) is 8.17. The van der Waals surface area contributed by atoms with Crippen molar-refractivity contribution in [2.45, 2.75) is 30.8 Å². The fourth-order valence-electron chi connectivity index (χ4n) is 3.35. The van der Waals surface area contributed by atoms with Gasteiger partial charge in [-0.1, -0.05) is 74.1 Å². The third-order valence-corrected chi connectivity index (χ3v) is 5.69. The van der Waals surface area contributed by atoms with Gasteiger partial charge in [0.25, 0.3) is 5.56 Å². The lowest BCUT2D eigenvalue weighted by molar-refractivity contribution is 0.407. The van der Waals surface area contributed by atoms with E-state index in [1.165, 1.54) is 0 Å². The molecule has 0 amide bonds. The summed E-state index contributed by atoms with van der Waals surface area (Å²) < 4.78 is 7.21. The zero-order chi connectivity index (χ0) is 20.4. The number of thioether (sulfide) groups is 1. The maximum atomic E-state index is 13.4. The first-order valence-electron chi connectivity index (χ1n) is 9.54. The van der Waals surface area contributed by atoms with Gasteiger partial charge in [0.1, 0.15) is 16.8 Å². The first-order valence-corrected chi connectivity index (χ1v) is 10.4. The zero-order valence-electron chi connectivity index (χ0n) is 16.7. The number of hydrogen-bond donors (Lipinski definition) is 1. The molecule has 0 fully saturated rings. The maximum Gasteiger partial charge on any atom is 0.278 e. The molecule has 6 heteroatoms. The Morgan fingerprint density at radius 1 is 1.10 bits per heavy atom. The number of nitrogens with zero attached hydrogens (tertiary/aromatic N) is 2. The van der Waals surface area contributed by atoms with E-state index in [2.05, 4.69) is 18.8 Å². The van der Waals surface area contributed by atoms with Crippen molar-refractivity contribution in [3.05, 3.63) is 76.7 Å². The Hall–Kier alpha value is -2.99. The lowest BCUT2D eigenvalue weighted by Crippen LogP contribution is -2.24. The molecule has 0 unspecified atom stereocenters. The van der Waals surface area contributed by atoms with Crippen LogP contribution in [0.15, 0.2) is 70.7 Å². The van der Waals surface area contributed by atoms with Gasteiger partial charge in [-0.05, 0) is 11.6 Å². The molecule has 0 atom stereocenters. The minimum atomic E-state index is -0.0776. The van der Waals surface area contributed by atoms with Crippen LogP contribution in [0.5, 0.6) is 5.75 Å². The summed E-state index contributed by atoms with van der Waals surface area (Å²) in [5.41, 5.74) is 4.07. The van der Waals surface area contributed by atoms with Gasteiger partial charge in [-0.3, -0.25) is 9.36 Å². The van der Waals surface area contributed by atoms with Crippen LogP contribution in [0.4, 0.5) is 0 Å². The van der Waals surface area contributed by atoms with E-state index in [1.54, 1.807) is 23.4 Å². The van der Waals surface area contributed by atoms with E-state index in [4.69, 9.17) is 9.72 Å². The van der Waals surface area contributed by atoms with Crippen LogP contribution in [-0.2, 0) is 6.54 Å². The molecule has 0 radical (unpaired) electrons. The van der Waals surface area contributed by atoms with Crippen molar-refractivity contribution in [3.8, 4) is 16.9 Å². The van der Waals surface area contributed by atoms with Crippen LogP contribution in [0.25, 0.3) is 22.2 Å². The van der Waals surface area contributed by atoms with E-state index < -0.39 is 0 Å². The molecule has 0 saturated heterocycles. The summed E-state index contributed by atoms with van der Waals surface area (Å²) in [6.45, 7) is 4.61. The standard InChI is InChI=1S/C23H23N3O2S/c1-15(2)29-23-25-20-18(16-9-5-4-6-10-16)13-24-21(20)22(27)26(23)14-17-11-7-8-12-19(17)28-3/h4-13,15,24H,14H2,1-3H3. The molecule has 5 nitrogen and oxygen atoms in total. The number of nitrogens with one attached hydrogen (secondary N) is 1. The number of ether oxygens (including phenoxy) is 1. The van der Waals surface area contributed by atoms with Crippen LogP contribution < -0.4 is 10.3 Å². The Labute approximate surface area is 173 Å². The summed E-state index contributed by atoms with van der Waals surface area (Å²) in [5.74, 6) is 0.761. The third-order valence-electron chi connectivity index (χ3n) is 4.70. The molecule has 0 saturated carbocycles. The van der Waals surface area contributed by atoms with E-state index in [0.717, 1.165) is 22.4 Å². The highest BCUT2D eigenvalue weighted by Crippen LogP contribution is 2.29. The molecule has 2 aromatic heterocycles. The Bertz CT molecular complexity index is 1200. The van der Waals surface area contributed by atoms with Crippen LogP contribution in [-0.4, -0.2) is 26.9 Å². The fraction of sp³-hybridized carbons (Fsp3) is 0.217. The lowest BCUT2D eigenvalue weighted by Gasteiger charge is -2.15. The molecule has 0 aliphatic carbocycles. The highest BCUT2D eigenvalue weighted by atomic mass is 32.2. The smallest absolute Gasteiger partial charge is 0.278 e. The van der Waals surface area contributed by atoms with Gasteiger partial charge in [0.05, 0.1) is 13.7 Å². The molecule has 0 spiro atoms. The monoisotopic (exact) mass is 405 g/mol. The summed E-state index contributed by atoms with van der Waals surface area (Å²) in [6, 6.07) is 17.8. The number of benzene rings is 2. The largest absolute Gasteiger partial charge is 0.496 e. The first kappa shape index (κ1) is 19.3. The predicted molar refractivity (Wildman–Crippen MR) is 119 cm³/mol. The summed E-state index contributed by atoms with van der Waals surface area (Å²) in [6.07, 6.45) is 1.87. The average Bonchev–Trinajstić information content (AvgIpc) is 3.15. The predicted octanol–water partition coefficient (Wildman–Crippen LogP) is 4.95. The molecule has 2 aromatic carbocycles. The molecule has 2 heterocycles. The molecule has 0 aliphatic rings. The SMILES string of the molecule is COc1ccccc1Cn1c(SC(C)C)nc2c(-c3ccccc3)c[nH]c2c1=O. The van der Waals surface area contributed by atoms with Gasteiger partial charge in [0, 0.05) is 22.6 Å². The van der Waals surface area contributed by atoms with Crippen molar-refractivity contribution < 1.29 is 4.74 Å². The van der Waals surface area contributed by atoms with Gasteiger partial charge >= 0.3 is 0 Å². The summed E-state index contributed by atoms with van der Waals surface area (Å²) >= 11 is 1.59. The van der Waals surface area contributed by atoms with E-state index in [1.807, 2.05) is 60.8 Å².